The van der Waals surface area contributed by atoms with Gasteiger partial charge in [-0.1, -0.05) is 403 Å². The van der Waals surface area contributed by atoms with Crippen molar-refractivity contribution in [3.05, 3.63) is 298 Å². The molecule has 19 rings (SSSR count). The molecule has 0 aromatic heterocycles. The summed E-state index contributed by atoms with van der Waals surface area (Å²) >= 11 is 20.8. The van der Waals surface area contributed by atoms with Crippen LogP contribution in [-0.4, -0.2) is 96.8 Å². The predicted octanol–water partition coefficient (Wildman–Crippen LogP) is 35.4. The average molecular weight is 2200 g/mol. The summed E-state index contributed by atoms with van der Waals surface area (Å²) in [4.78, 5) is 13.9. The monoisotopic (exact) mass is 2190 g/mol. The number of thioether (sulfide) groups is 10. The van der Waals surface area contributed by atoms with Gasteiger partial charge in [0.25, 0.3) is 0 Å². The lowest BCUT2D eigenvalue weighted by atomic mass is 9.50. The van der Waals surface area contributed by atoms with E-state index < -0.39 is 0 Å². The molecule has 0 amide bonds. The Kier molecular flexibility index (Phi) is 33.9. The summed E-state index contributed by atoms with van der Waals surface area (Å²) in [6.45, 7) is 73.7. The van der Waals surface area contributed by atoms with E-state index in [0.29, 0.717) is 11.8 Å². The predicted molar refractivity (Wildman–Crippen MR) is 659 cm³/mol. The molecule has 5 aliphatic heterocycles. The van der Waals surface area contributed by atoms with Crippen LogP contribution in [-0.2, 0) is 0 Å². The maximum Gasteiger partial charge on any atom is 0.0634 e. The van der Waals surface area contributed by atoms with Crippen LogP contribution in [0, 0.1) is 47.3 Å². The minimum atomic E-state index is -0.348. The molecule has 804 valence electrons. The first-order chi connectivity index (χ1) is 70.6. The van der Waals surface area contributed by atoms with E-state index in [4.69, 9.17) is 42.5 Å². The highest BCUT2D eigenvalue weighted by Gasteiger charge is 2.68. The Morgan fingerprint density at radius 2 is 0.307 bits per heavy atom. The van der Waals surface area contributed by atoms with Gasteiger partial charge in [-0.2, -0.15) is 0 Å². The van der Waals surface area contributed by atoms with Crippen LogP contribution in [0.2, 0.25) is 0 Å². The van der Waals surface area contributed by atoms with Crippen LogP contribution in [0.15, 0.2) is 292 Å². The van der Waals surface area contributed by atoms with Crippen molar-refractivity contribution < 1.29 is 0 Å². The fourth-order valence-electron chi connectivity index (χ4n) is 28.2. The average Bonchev–Trinajstić information content (AvgIpc) is 1.38. The summed E-state index contributed by atoms with van der Waals surface area (Å²) in [6, 6.07) is 99.7. The molecule has 8 nitrogen and oxygen atoms in total. The van der Waals surface area contributed by atoms with Crippen molar-refractivity contribution in [1.82, 2.24) is 42.5 Å². The zero-order valence-electron chi connectivity index (χ0n) is 95.4. The summed E-state index contributed by atoms with van der Waals surface area (Å²) in [5.74, 6) is 0.320. The van der Waals surface area contributed by atoms with Gasteiger partial charge < -0.3 is 0 Å². The molecule has 26 unspecified atom stereocenters. The Bertz CT molecular complexity index is 6340. The summed E-state index contributed by atoms with van der Waals surface area (Å²) in [6.07, 6.45) is 5.41. The Labute approximate surface area is 948 Å². The highest BCUT2D eigenvalue weighted by atomic mass is 32.2. The Balaban J connectivity index is 0.970. The van der Waals surface area contributed by atoms with E-state index in [1.165, 1.54) is 124 Å². The molecule has 10 aromatic carbocycles. The molecular formula is C132H176N8S10. The van der Waals surface area contributed by atoms with Crippen LogP contribution in [0.4, 0.5) is 0 Å². The maximum absolute atomic E-state index is 5.36. The Morgan fingerprint density at radius 3 is 0.513 bits per heavy atom. The molecule has 9 fully saturated rings. The second kappa shape index (κ2) is 44.8. The lowest BCUT2D eigenvalue weighted by Crippen LogP contribution is -2.62. The van der Waals surface area contributed by atoms with Gasteiger partial charge in [-0.25, -0.2) is 0 Å². The number of fused-ring (bicyclic) bond motifs is 20. The number of hydrogen-bond donors (Lipinski definition) is 8. The first-order valence-electron chi connectivity index (χ1n) is 56.5. The molecule has 8 N–H and O–H groups in total. The normalized spacial score (nSPS) is 30.1. The molecule has 0 spiro atoms. The summed E-state index contributed by atoms with van der Waals surface area (Å²) in [7, 11) is 0. The van der Waals surface area contributed by atoms with Gasteiger partial charge in [0.2, 0.25) is 0 Å². The molecule has 0 radical (unpaired) electrons. The number of hydrogen-bond acceptors (Lipinski definition) is 18. The van der Waals surface area contributed by atoms with Gasteiger partial charge in [0, 0.05) is 126 Å². The quantitative estimate of drug-likeness (QED) is 0.0348. The van der Waals surface area contributed by atoms with E-state index >= 15 is 0 Å². The van der Waals surface area contributed by atoms with Gasteiger partial charge in [0.1, 0.15) is 0 Å². The van der Waals surface area contributed by atoms with E-state index in [0.717, 1.165) is 19.3 Å². The minimum absolute atomic E-state index is 0.00987. The number of benzene rings is 10. The van der Waals surface area contributed by atoms with E-state index in [2.05, 4.69) is 568 Å². The van der Waals surface area contributed by atoms with Crippen LogP contribution < -0.4 is 42.5 Å². The fourth-order valence-corrected chi connectivity index (χ4v) is 39.5. The van der Waals surface area contributed by atoms with Gasteiger partial charge >= 0.3 is 0 Å². The fraction of sp³-hybridized carbons (Fsp3) is 0.545. The molecule has 5 heterocycles. The molecule has 9 aliphatic rings. The van der Waals surface area contributed by atoms with Crippen molar-refractivity contribution in [3.8, 4) is 0 Å². The topological polar surface area (TPSA) is 96.2 Å². The second-order valence-corrected chi connectivity index (χ2v) is 73.4. The van der Waals surface area contributed by atoms with Crippen molar-refractivity contribution in [2.24, 2.45) is 47.3 Å². The first-order valence-corrected chi connectivity index (χ1v) is 64.7. The van der Waals surface area contributed by atoms with Gasteiger partial charge in [-0.15, -0.1) is 118 Å². The standard InChI is InChI=1S/C132H176N8S10/c1-123(2,3)141-91-65-43-33-53-77(91)78-75-76-90-110(101(78)81-56-34-44-66-92(81)142-124(4,5)6)118-136-117(90)134-115-79-54-31-32-55-80(79)116(133-115)135-119-111-106(86-61-39-49-71-97(86)147-129(19,20)21)102(82-57-35-45-67-93(82)143-125(7,8)9)103(83-58-36-46-68-94(83)144-126(10,11)12)107(87-62-40-50-72-98(87)148-130(22,23)24)112(111)121(138-119)140-122-114-109(89-64-42-52-74-100(89)150-132(28,29)30)105(85-60-38-48-70-96(85)146-128(16,17)18)104(84-59-37-47-69-95(84)145-127(13,14)15)108(113(114)120(137-118)139-122)88-63-41-51-73-99(88)149-131(25,26)27/h33-53,56-74,78-80,90,101-122,133-140H,31-32,54-55,75-76H2,1-30H3. The van der Waals surface area contributed by atoms with E-state index in [1.807, 2.05) is 0 Å². The Morgan fingerprint density at radius 1 is 0.153 bits per heavy atom. The molecular weight excluding hydrogens is 2020 g/mol. The number of nitrogens with one attached hydrogen (secondary N) is 8. The van der Waals surface area contributed by atoms with Gasteiger partial charge in [0.15, 0.2) is 0 Å². The van der Waals surface area contributed by atoms with Crippen molar-refractivity contribution in [2.45, 2.75) is 451 Å². The molecule has 150 heavy (non-hydrogen) atoms. The van der Waals surface area contributed by atoms with Gasteiger partial charge in [0.05, 0.1) is 49.3 Å². The SMILES string of the molecule is CC(C)(C)Sc1ccccc1C1CCC2C3NC4NC(NC5NC(NC6NC(NC(N3)C2C1c1ccccc1SC(C)(C)C)C1C(c2ccccc2SC(C)(C)C)C(c2ccccc2SC(C)(C)C)C(c2ccccc2SC(C)(C)C)C(c2ccccc2SC(C)(C)C)C61)C1C(c2ccccc2SC(C)(C)C)C(c2ccccc2SC(C)(C)C)C(c2ccccc2SC(C)(C)C)C(c2ccccc2SC(C)(C)C)C51)C1CCCCC41. The van der Waals surface area contributed by atoms with E-state index in [1.54, 1.807) is 0 Å². The van der Waals surface area contributed by atoms with Gasteiger partial charge in [-0.05, 0) is 219 Å². The van der Waals surface area contributed by atoms with Crippen molar-refractivity contribution in [3.63, 3.8) is 0 Å². The second-order valence-electron chi connectivity index (χ2n) is 54.8. The zero-order valence-corrected chi connectivity index (χ0v) is 104. The molecule has 26 atom stereocenters. The summed E-state index contributed by atoms with van der Waals surface area (Å²) in [5, 5.41) is 40.6. The highest BCUT2D eigenvalue weighted by Crippen LogP contribution is 2.73. The lowest BCUT2D eigenvalue weighted by Gasteiger charge is -2.55. The smallest absolute Gasteiger partial charge is 0.0634 e. The van der Waals surface area contributed by atoms with Crippen molar-refractivity contribution in [2.75, 3.05) is 0 Å². The number of rotatable bonds is 20. The Hall–Kier alpha value is -4.62. The van der Waals surface area contributed by atoms with Gasteiger partial charge in [-0.3, -0.25) is 42.5 Å². The molecule has 8 bridgehead atoms. The molecule has 5 saturated heterocycles. The summed E-state index contributed by atoms with van der Waals surface area (Å²) < 4.78 is -1.16. The van der Waals surface area contributed by atoms with Crippen molar-refractivity contribution >= 4 is 118 Å². The summed E-state index contributed by atoms with van der Waals surface area (Å²) in [5.41, 5.74) is 14.7. The van der Waals surface area contributed by atoms with Crippen LogP contribution >= 0.6 is 118 Å². The van der Waals surface area contributed by atoms with E-state index in [-0.39, 0.29) is 191 Å². The van der Waals surface area contributed by atoms with Crippen molar-refractivity contribution in [1.29, 1.82) is 0 Å². The zero-order chi connectivity index (χ0) is 107. The van der Waals surface area contributed by atoms with Crippen LogP contribution in [0.3, 0.4) is 0 Å². The lowest BCUT2D eigenvalue weighted by molar-refractivity contribution is 0.0873. The van der Waals surface area contributed by atoms with Crippen LogP contribution in [0.5, 0.6) is 0 Å². The molecule has 4 saturated carbocycles. The largest absolute Gasteiger partial charge is 0.286 e. The molecule has 10 aromatic rings. The molecule has 18 heteroatoms. The highest BCUT2D eigenvalue weighted by molar-refractivity contribution is 8.03. The maximum atomic E-state index is 5.36. The van der Waals surface area contributed by atoms with Crippen LogP contribution in [0.1, 0.15) is 361 Å². The third kappa shape index (κ3) is 25.8. The third-order valence-corrected chi connectivity index (χ3v) is 44.0. The molecule has 4 aliphatic carbocycles. The minimum Gasteiger partial charge on any atom is -0.286 e. The first kappa shape index (κ1) is 114. The third-order valence-electron chi connectivity index (χ3n) is 32.0. The van der Waals surface area contributed by atoms with Crippen LogP contribution in [0.25, 0.3) is 0 Å². The van der Waals surface area contributed by atoms with E-state index in [9.17, 15) is 0 Å².